The van der Waals surface area contributed by atoms with Gasteiger partial charge in [0.2, 0.25) is 5.91 Å². The Labute approximate surface area is 155 Å². The number of carbonyl (C=O) groups is 2. The van der Waals surface area contributed by atoms with Gasteiger partial charge in [-0.25, -0.2) is 14.2 Å². The third-order valence-corrected chi connectivity index (χ3v) is 5.45. The molecule has 2 aromatic carbocycles. The summed E-state index contributed by atoms with van der Waals surface area (Å²) in [6, 6.07) is 10.3. The topological polar surface area (TPSA) is 71.1 Å². The maximum atomic E-state index is 13.4. The number of benzene rings is 2. The van der Waals surface area contributed by atoms with Crippen LogP contribution in [0.25, 0.3) is 10.2 Å². The second kappa shape index (κ2) is 7.81. The van der Waals surface area contributed by atoms with Gasteiger partial charge >= 0.3 is 6.03 Å². The Bertz CT molecular complexity index is 948. The number of carbonyl (C=O) groups excluding carboxylic acids is 2. The fraction of sp³-hybridized carbons (Fsp3) is 0.0625. The van der Waals surface area contributed by atoms with Crippen LogP contribution < -0.4 is 10.6 Å². The van der Waals surface area contributed by atoms with Crippen LogP contribution in [-0.4, -0.2) is 22.7 Å². The number of rotatable bonds is 4. The van der Waals surface area contributed by atoms with Gasteiger partial charge in [0.05, 0.1) is 21.7 Å². The minimum absolute atomic E-state index is 0.00325. The van der Waals surface area contributed by atoms with Crippen LogP contribution in [0.5, 0.6) is 0 Å². The zero-order valence-electron chi connectivity index (χ0n) is 12.6. The van der Waals surface area contributed by atoms with Crippen molar-refractivity contribution >= 4 is 62.5 Å². The van der Waals surface area contributed by atoms with Gasteiger partial charge in [-0.15, -0.1) is 11.3 Å². The molecular weight excluding hydrogens is 385 g/mol. The van der Waals surface area contributed by atoms with Crippen molar-refractivity contribution in [2.75, 3.05) is 11.1 Å². The molecule has 0 spiro atoms. The minimum atomic E-state index is -0.785. The van der Waals surface area contributed by atoms with Crippen LogP contribution in [0.15, 0.2) is 46.8 Å². The van der Waals surface area contributed by atoms with Crippen LogP contribution in [0.4, 0.5) is 14.9 Å². The largest absolute Gasteiger partial charge is 0.325 e. The second-order valence-corrected chi connectivity index (χ2v) is 7.55. The van der Waals surface area contributed by atoms with Crippen LogP contribution in [0.2, 0.25) is 5.02 Å². The second-order valence-electron chi connectivity index (χ2n) is 4.86. The summed E-state index contributed by atoms with van der Waals surface area (Å²) in [7, 11) is 0. The van der Waals surface area contributed by atoms with E-state index in [1.807, 2.05) is 6.07 Å². The van der Waals surface area contributed by atoms with Crippen LogP contribution in [-0.2, 0) is 4.79 Å². The lowest BCUT2D eigenvalue weighted by Gasteiger charge is -2.06. The van der Waals surface area contributed by atoms with Crippen LogP contribution >= 0.6 is 34.7 Å². The number of para-hydroxylation sites is 1. The van der Waals surface area contributed by atoms with Gasteiger partial charge in [-0.1, -0.05) is 35.5 Å². The van der Waals surface area contributed by atoms with Crippen LogP contribution in [0.3, 0.4) is 0 Å². The normalized spacial score (nSPS) is 10.6. The molecule has 0 radical (unpaired) electrons. The number of nitrogens with one attached hydrogen (secondary N) is 2. The third kappa shape index (κ3) is 4.68. The Morgan fingerprint density at radius 1 is 1.24 bits per heavy atom. The van der Waals surface area contributed by atoms with E-state index in [0.717, 1.165) is 10.2 Å². The SMILES string of the molecule is O=C(CSc1nc2cc(Cl)ccc2s1)NC(=O)Nc1ccccc1F. The van der Waals surface area contributed by atoms with Gasteiger partial charge in [-0.3, -0.25) is 10.1 Å². The molecule has 0 bridgehead atoms. The van der Waals surface area contributed by atoms with Crippen molar-refractivity contribution in [2.45, 2.75) is 4.34 Å². The summed E-state index contributed by atoms with van der Waals surface area (Å²) in [4.78, 5) is 27.9. The summed E-state index contributed by atoms with van der Waals surface area (Å²) < 4.78 is 15.1. The molecule has 0 unspecified atom stereocenters. The Hall–Kier alpha value is -2.16. The van der Waals surface area contributed by atoms with Gasteiger partial charge in [0, 0.05) is 5.02 Å². The van der Waals surface area contributed by atoms with E-state index < -0.39 is 17.8 Å². The summed E-state index contributed by atoms with van der Waals surface area (Å²) in [5, 5.41) is 5.03. The van der Waals surface area contributed by atoms with Crippen LogP contribution in [0, 0.1) is 5.82 Å². The van der Waals surface area contributed by atoms with Crippen molar-refractivity contribution < 1.29 is 14.0 Å². The number of amides is 3. The molecule has 0 atom stereocenters. The number of hydrogen-bond donors (Lipinski definition) is 2. The quantitative estimate of drug-likeness (QED) is 0.637. The van der Waals surface area contributed by atoms with E-state index in [9.17, 15) is 14.0 Å². The number of nitrogens with zero attached hydrogens (tertiary/aromatic N) is 1. The highest BCUT2D eigenvalue weighted by Gasteiger charge is 2.12. The first-order valence-electron chi connectivity index (χ1n) is 7.05. The number of anilines is 1. The fourth-order valence-electron chi connectivity index (χ4n) is 1.95. The van der Waals surface area contributed by atoms with Gasteiger partial charge in [-0.2, -0.15) is 0 Å². The van der Waals surface area contributed by atoms with E-state index in [4.69, 9.17) is 11.6 Å². The van der Waals surface area contributed by atoms with Crippen molar-refractivity contribution in [1.29, 1.82) is 0 Å². The lowest BCUT2D eigenvalue weighted by Crippen LogP contribution is -2.35. The van der Waals surface area contributed by atoms with E-state index in [-0.39, 0.29) is 11.4 Å². The lowest BCUT2D eigenvalue weighted by molar-refractivity contribution is -0.117. The maximum Gasteiger partial charge on any atom is 0.325 e. The zero-order valence-corrected chi connectivity index (χ0v) is 15.0. The molecule has 0 aliphatic carbocycles. The smallest absolute Gasteiger partial charge is 0.305 e. The molecule has 1 aromatic heterocycles. The van der Waals surface area contributed by atoms with E-state index >= 15 is 0 Å². The molecular formula is C16H11ClFN3O2S2. The standard InChI is InChI=1S/C16H11ClFN3O2S2/c17-9-5-6-13-12(7-9)20-16(25-13)24-8-14(22)21-15(23)19-11-4-2-1-3-10(11)18/h1-7H,8H2,(H2,19,21,22,23). The van der Waals surface area contributed by atoms with E-state index in [1.54, 1.807) is 18.2 Å². The Balaban J connectivity index is 1.53. The summed E-state index contributed by atoms with van der Waals surface area (Å²) in [5.74, 6) is -1.07. The van der Waals surface area contributed by atoms with Gasteiger partial charge in [-0.05, 0) is 30.3 Å². The number of fused-ring (bicyclic) bond motifs is 1. The predicted molar refractivity (Wildman–Crippen MR) is 98.9 cm³/mol. The summed E-state index contributed by atoms with van der Waals surface area (Å²) >= 11 is 8.56. The average molecular weight is 396 g/mol. The molecule has 0 aliphatic rings. The first-order valence-corrected chi connectivity index (χ1v) is 9.23. The monoisotopic (exact) mass is 395 g/mol. The lowest BCUT2D eigenvalue weighted by atomic mass is 10.3. The molecule has 5 nitrogen and oxygen atoms in total. The number of urea groups is 1. The first-order chi connectivity index (χ1) is 12.0. The van der Waals surface area contributed by atoms with Gasteiger partial charge < -0.3 is 5.32 Å². The highest BCUT2D eigenvalue weighted by atomic mass is 35.5. The average Bonchev–Trinajstić information content (AvgIpc) is 2.97. The first kappa shape index (κ1) is 17.7. The number of thiazole rings is 1. The van der Waals surface area contributed by atoms with Gasteiger partial charge in [0.25, 0.3) is 0 Å². The maximum absolute atomic E-state index is 13.4. The molecule has 2 N–H and O–H groups in total. The molecule has 0 saturated heterocycles. The fourth-order valence-corrected chi connectivity index (χ4v) is 3.96. The molecule has 9 heteroatoms. The molecule has 0 aliphatic heterocycles. The van der Waals surface area contributed by atoms with Crippen molar-refractivity contribution in [2.24, 2.45) is 0 Å². The molecule has 3 aromatic rings. The number of halogens is 2. The highest BCUT2D eigenvalue weighted by Crippen LogP contribution is 2.30. The van der Waals surface area contributed by atoms with E-state index in [0.29, 0.717) is 9.36 Å². The Kier molecular flexibility index (Phi) is 5.52. The molecule has 3 amide bonds. The van der Waals surface area contributed by atoms with Gasteiger partial charge in [0.15, 0.2) is 4.34 Å². The zero-order chi connectivity index (χ0) is 17.8. The molecule has 0 fully saturated rings. The van der Waals surface area contributed by atoms with E-state index in [1.165, 1.54) is 41.3 Å². The van der Waals surface area contributed by atoms with Crippen molar-refractivity contribution in [3.63, 3.8) is 0 Å². The highest BCUT2D eigenvalue weighted by molar-refractivity contribution is 8.01. The van der Waals surface area contributed by atoms with Crippen molar-refractivity contribution in [3.05, 3.63) is 53.3 Å². The van der Waals surface area contributed by atoms with E-state index in [2.05, 4.69) is 15.6 Å². The summed E-state index contributed by atoms with van der Waals surface area (Å²) in [6.45, 7) is 0. The van der Waals surface area contributed by atoms with Crippen molar-refractivity contribution in [1.82, 2.24) is 10.3 Å². The molecule has 25 heavy (non-hydrogen) atoms. The van der Waals surface area contributed by atoms with Crippen LogP contribution in [0.1, 0.15) is 0 Å². The number of aromatic nitrogens is 1. The molecule has 128 valence electrons. The minimum Gasteiger partial charge on any atom is -0.305 e. The number of thioether (sulfide) groups is 1. The predicted octanol–water partition coefficient (Wildman–Crippen LogP) is 4.53. The summed E-state index contributed by atoms with van der Waals surface area (Å²) in [6.07, 6.45) is 0. The molecule has 1 heterocycles. The Morgan fingerprint density at radius 2 is 2.04 bits per heavy atom. The summed E-state index contributed by atoms with van der Waals surface area (Å²) in [5.41, 5.74) is 0.765. The number of imide groups is 1. The number of hydrogen-bond acceptors (Lipinski definition) is 5. The Morgan fingerprint density at radius 3 is 2.84 bits per heavy atom. The third-order valence-electron chi connectivity index (χ3n) is 3.03. The molecule has 3 rings (SSSR count). The van der Waals surface area contributed by atoms with Gasteiger partial charge in [0.1, 0.15) is 5.82 Å². The molecule has 0 saturated carbocycles. The van der Waals surface area contributed by atoms with Crippen molar-refractivity contribution in [3.8, 4) is 0 Å².